The lowest BCUT2D eigenvalue weighted by Gasteiger charge is -2.42. The van der Waals surface area contributed by atoms with Crippen LogP contribution in [0.1, 0.15) is 46.5 Å². The van der Waals surface area contributed by atoms with Crippen molar-refractivity contribution in [2.45, 2.75) is 103 Å². The Morgan fingerprint density at radius 2 is 1.78 bits per heavy atom. The summed E-state index contributed by atoms with van der Waals surface area (Å²) in [6.07, 6.45) is 3.63. The molecule has 12 heteroatoms. The first-order valence-corrected chi connectivity index (χ1v) is 19.0. The van der Waals surface area contributed by atoms with Gasteiger partial charge >= 0.3 is 6.09 Å². The molecule has 0 aliphatic carbocycles. The van der Waals surface area contributed by atoms with E-state index in [2.05, 4.69) is 68.0 Å². The smallest absolute Gasteiger partial charge is 0.410 e. The van der Waals surface area contributed by atoms with Crippen molar-refractivity contribution >= 4 is 46.9 Å². The van der Waals surface area contributed by atoms with Crippen LogP contribution in [0.2, 0.25) is 25.7 Å². The molecule has 10 nitrogen and oxygen atoms in total. The quantitative estimate of drug-likeness (QED) is 0.207. The van der Waals surface area contributed by atoms with Crippen LogP contribution < -0.4 is 4.90 Å². The van der Waals surface area contributed by atoms with Crippen LogP contribution in [0.15, 0.2) is 28.7 Å². The van der Waals surface area contributed by atoms with Crippen molar-refractivity contribution in [1.82, 2.24) is 30.1 Å². The van der Waals surface area contributed by atoms with Crippen LogP contribution in [0.25, 0.3) is 22.3 Å². The van der Waals surface area contributed by atoms with E-state index in [1.165, 1.54) is 0 Å². The number of nitrogens with zero attached hydrogens (tertiary/aromatic N) is 7. The van der Waals surface area contributed by atoms with Crippen LogP contribution in [0, 0.1) is 0 Å². The van der Waals surface area contributed by atoms with Crippen LogP contribution in [0.4, 0.5) is 10.6 Å². The summed E-state index contributed by atoms with van der Waals surface area (Å²) in [5.41, 5.74) is 2.81. The fourth-order valence-corrected chi connectivity index (χ4v) is 6.96. The second-order valence-electron chi connectivity index (χ2n) is 13.5. The third-order valence-electron chi connectivity index (χ3n) is 7.97. The predicted octanol–water partition coefficient (Wildman–Crippen LogP) is 6.33. The average molecular weight is 645 g/mol. The fraction of sp³-hybridized carbons (Fsp3) is 0.621. The molecule has 3 aromatic rings. The second-order valence-corrected chi connectivity index (χ2v) is 20.0. The number of fused-ring (bicyclic) bond motifs is 3. The van der Waals surface area contributed by atoms with Crippen LogP contribution in [-0.2, 0) is 16.2 Å². The van der Waals surface area contributed by atoms with E-state index in [9.17, 15) is 4.79 Å². The number of ether oxygens (including phenoxy) is 2. The maximum Gasteiger partial charge on any atom is 0.410 e. The predicted molar refractivity (Wildman–Crippen MR) is 167 cm³/mol. The standard InChI is InChI=1S/C29H42BrN7O3Si/c1-29(2,3)40-28(38)37-19-8-9-20(37)17-21(16-19)35(4)25-13-12-24(31-32-25)22-10-11-23(30)26-27(22)36(34-33-26)18-39-14-15-41(5,6)7/h10-13,19-21H,8-9,14-18H2,1-7H3/t19-,20+,21?. The van der Waals surface area contributed by atoms with Gasteiger partial charge in [-0.15, -0.1) is 15.3 Å². The van der Waals surface area contributed by atoms with Gasteiger partial charge in [0.2, 0.25) is 0 Å². The second kappa shape index (κ2) is 11.6. The number of amides is 1. The van der Waals surface area contributed by atoms with Crippen LogP contribution >= 0.6 is 15.9 Å². The highest BCUT2D eigenvalue weighted by Gasteiger charge is 2.46. The molecule has 0 saturated carbocycles. The topological polar surface area (TPSA) is 98.5 Å². The van der Waals surface area contributed by atoms with Gasteiger partial charge in [0.1, 0.15) is 23.4 Å². The Morgan fingerprint density at radius 1 is 1.07 bits per heavy atom. The van der Waals surface area contributed by atoms with Crippen molar-refractivity contribution in [2.75, 3.05) is 18.6 Å². The Labute approximate surface area is 251 Å². The first-order chi connectivity index (χ1) is 19.3. The zero-order valence-corrected chi connectivity index (χ0v) is 27.8. The van der Waals surface area contributed by atoms with Crippen molar-refractivity contribution in [3.8, 4) is 11.3 Å². The van der Waals surface area contributed by atoms with E-state index in [4.69, 9.17) is 9.47 Å². The Balaban J connectivity index is 1.30. The molecular formula is C29H42BrN7O3Si. The number of rotatable bonds is 8. The zero-order chi connectivity index (χ0) is 29.5. The average Bonchev–Trinajstić information content (AvgIpc) is 3.44. The zero-order valence-electron chi connectivity index (χ0n) is 25.2. The Hall–Kier alpha value is -2.57. The highest BCUT2D eigenvalue weighted by molar-refractivity contribution is 9.10. The van der Waals surface area contributed by atoms with E-state index >= 15 is 0 Å². The number of halogens is 1. The monoisotopic (exact) mass is 643 g/mol. The molecule has 222 valence electrons. The number of aromatic nitrogens is 5. The molecule has 2 saturated heterocycles. The van der Waals surface area contributed by atoms with Crippen molar-refractivity contribution in [1.29, 1.82) is 0 Å². The molecule has 1 unspecified atom stereocenters. The largest absolute Gasteiger partial charge is 0.444 e. The molecule has 4 heterocycles. The molecule has 3 atom stereocenters. The number of hydrogen-bond donors (Lipinski definition) is 0. The molecule has 2 aliphatic heterocycles. The number of carbonyl (C=O) groups is 1. The van der Waals surface area contributed by atoms with Crippen LogP contribution in [0.5, 0.6) is 0 Å². The summed E-state index contributed by atoms with van der Waals surface area (Å²) < 4.78 is 14.4. The maximum atomic E-state index is 12.9. The minimum atomic E-state index is -1.18. The minimum absolute atomic E-state index is 0.189. The van der Waals surface area contributed by atoms with E-state index in [0.717, 1.165) is 64.3 Å². The summed E-state index contributed by atoms with van der Waals surface area (Å²) >= 11 is 3.62. The van der Waals surface area contributed by atoms with Gasteiger partial charge < -0.3 is 19.3 Å². The minimum Gasteiger partial charge on any atom is -0.444 e. The first kappa shape index (κ1) is 29.9. The van der Waals surface area contributed by atoms with Crippen LogP contribution in [-0.4, -0.2) is 81.6 Å². The highest BCUT2D eigenvalue weighted by atomic mass is 79.9. The van der Waals surface area contributed by atoms with E-state index in [1.54, 1.807) is 4.68 Å². The number of piperidine rings is 1. The fourth-order valence-electron chi connectivity index (χ4n) is 5.80. The first-order valence-electron chi connectivity index (χ1n) is 14.5. The summed E-state index contributed by atoms with van der Waals surface area (Å²) in [7, 11) is 0.897. The molecule has 0 N–H and O–H groups in total. The normalized spacial score (nSPS) is 21.0. The summed E-state index contributed by atoms with van der Waals surface area (Å²) in [5, 5.41) is 18.0. The SMILES string of the molecule is CN(c1ccc(-c2ccc(Br)c3nnn(COCC[Si](C)(C)C)c23)nn1)C1C[C@H]2CC[C@@H](C1)N2C(=O)OC(C)(C)C. The molecule has 2 aliphatic rings. The Bertz CT molecular complexity index is 1370. The van der Waals surface area contributed by atoms with Gasteiger partial charge in [-0.25, -0.2) is 9.48 Å². The summed E-state index contributed by atoms with van der Waals surface area (Å²) in [6.45, 7) is 13.8. The molecule has 0 spiro atoms. The maximum absolute atomic E-state index is 12.9. The number of carbonyl (C=O) groups excluding carboxylic acids is 1. The molecule has 41 heavy (non-hydrogen) atoms. The van der Waals surface area contributed by atoms with E-state index < -0.39 is 13.7 Å². The molecule has 1 aromatic carbocycles. The van der Waals surface area contributed by atoms with Crippen LogP contribution in [0.3, 0.4) is 0 Å². The summed E-state index contributed by atoms with van der Waals surface area (Å²) in [6, 6.07) is 9.79. The highest BCUT2D eigenvalue weighted by Crippen LogP contribution is 2.39. The third kappa shape index (κ3) is 6.75. The lowest BCUT2D eigenvalue weighted by Crippen LogP contribution is -2.53. The van der Waals surface area contributed by atoms with Crippen molar-refractivity contribution in [3.63, 3.8) is 0 Å². The molecule has 2 aromatic heterocycles. The molecule has 2 bridgehead atoms. The van der Waals surface area contributed by atoms with E-state index in [-0.39, 0.29) is 24.2 Å². The third-order valence-corrected chi connectivity index (χ3v) is 10.3. The Kier molecular flexibility index (Phi) is 8.46. The van der Waals surface area contributed by atoms with Gasteiger partial charge in [-0.3, -0.25) is 0 Å². The van der Waals surface area contributed by atoms with Gasteiger partial charge in [-0.2, -0.15) is 0 Å². The van der Waals surface area contributed by atoms with Crippen molar-refractivity contribution in [2.24, 2.45) is 0 Å². The molecule has 5 rings (SSSR count). The Morgan fingerprint density at radius 3 is 2.39 bits per heavy atom. The van der Waals surface area contributed by atoms with Gasteiger partial charge in [0.25, 0.3) is 0 Å². The number of anilines is 1. The lowest BCUT2D eigenvalue weighted by molar-refractivity contribution is 0.00596. The van der Waals surface area contributed by atoms with Gasteiger partial charge in [-0.1, -0.05) is 24.9 Å². The van der Waals surface area contributed by atoms with Gasteiger partial charge in [0.15, 0.2) is 5.82 Å². The number of hydrogen-bond acceptors (Lipinski definition) is 8. The van der Waals surface area contributed by atoms with E-state index in [0.29, 0.717) is 13.3 Å². The molecule has 1 amide bonds. The van der Waals surface area contributed by atoms with Gasteiger partial charge in [0.05, 0.1) is 5.69 Å². The summed E-state index contributed by atoms with van der Waals surface area (Å²) in [5.74, 6) is 0.818. The van der Waals surface area contributed by atoms with Gasteiger partial charge in [0, 0.05) is 49.9 Å². The lowest BCUT2D eigenvalue weighted by atomic mass is 9.96. The van der Waals surface area contributed by atoms with Gasteiger partial charge in [-0.05, 0) is 92.7 Å². The van der Waals surface area contributed by atoms with Crippen molar-refractivity contribution < 1.29 is 14.3 Å². The molecule has 0 radical (unpaired) electrons. The van der Waals surface area contributed by atoms with E-state index in [1.807, 2.05) is 49.9 Å². The number of benzene rings is 1. The molecule has 2 fully saturated rings. The summed E-state index contributed by atoms with van der Waals surface area (Å²) in [4.78, 5) is 17.1. The van der Waals surface area contributed by atoms with Crippen molar-refractivity contribution in [3.05, 3.63) is 28.7 Å². The molecular weight excluding hydrogens is 602 g/mol.